The van der Waals surface area contributed by atoms with E-state index in [1.807, 2.05) is 19.9 Å². The quantitative estimate of drug-likeness (QED) is 0.592. The number of anilines is 1. The van der Waals surface area contributed by atoms with Gasteiger partial charge in [0.1, 0.15) is 5.82 Å². The summed E-state index contributed by atoms with van der Waals surface area (Å²) in [6.07, 6.45) is -0.107. The highest BCUT2D eigenvalue weighted by Crippen LogP contribution is 2.14. The van der Waals surface area contributed by atoms with Crippen molar-refractivity contribution in [3.63, 3.8) is 0 Å². The highest BCUT2D eigenvalue weighted by Gasteiger charge is 2.13. The van der Waals surface area contributed by atoms with Gasteiger partial charge in [0, 0.05) is 17.7 Å². The van der Waals surface area contributed by atoms with Gasteiger partial charge in [-0.2, -0.15) is 0 Å². The lowest BCUT2D eigenvalue weighted by molar-refractivity contribution is -0.147. The fourth-order valence-corrected chi connectivity index (χ4v) is 2.36. The van der Waals surface area contributed by atoms with Crippen LogP contribution in [0.2, 0.25) is 0 Å². The largest absolute Gasteiger partial charge is 0.456 e. The first kappa shape index (κ1) is 20.3. The number of benzene rings is 2. The van der Waals surface area contributed by atoms with Crippen LogP contribution in [0.1, 0.15) is 39.9 Å². The minimum absolute atomic E-state index is 0.00608. The van der Waals surface area contributed by atoms with Gasteiger partial charge in [0.2, 0.25) is 0 Å². The molecule has 0 fully saturated rings. The van der Waals surface area contributed by atoms with Crippen molar-refractivity contribution in [3.05, 3.63) is 64.5 Å². The number of ether oxygens (including phenoxy) is 1. The molecule has 2 aromatic rings. The molecular weight excluding hydrogens is 349 g/mol. The monoisotopic (exact) mass is 371 g/mol. The molecule has 0 atom stereocenters. The number of hydrogen-bond donors (Lipinski definition) is 1. The van der Waals surface area contributed by atoms with E-state index in [4.69, 9.17) is 4.74 Å². The number of nitrogens with one attached hydrogen (secondary N) is 1. The number of carbonyl (C=O) groups is 3. The maximum atomic E-state index is 13.4. The molecule has 6 heteroatoms. The van der Waals surface area contributed by atoms with Crippen LogP contribution < -0.4 is 5.32 Å². The van der Waals surface area contributed by atoms with E-state index in [0.717, 1.165) is 11.1 Å². The summed E-state index contributed by atoms with van der Waals surface area (Å²) in [6, 6.07) is 9.66. The van der Waals surface area contributed by atoms with Crippen LogP contribution >= 0.6 is 0 Å². The van der Waals surface area contributed by atoms with Gasteiger partial charge in [0.25, 0.3) is 5.91 Å². The van der Waals surface area contributed by atoms with Gasteiger partial charge in [-0.25, -0.2) is 4.39 Å². The number of amides is 1. The maximum absolute atomic E-state index is 13.4. The van der Waals surface area contributed by atoms with Crippen LogP contribution in [0.15, 0.2) is 36.4 Å². The molecule has 0 saturated heterocycles. The topological polar surface area (TPSA) is 72.5 Å². The fourth-order valence-electron chi connectivity index (χ4n) is 2.36. The van der Waals surface area contributed by atoms with Gasteiger partial charge >= 0.3 is 5.97 Å². The molecule has 0 heterocycles. The summed E-state index contributed by atoms with van der Waals surface area (Å²) in [7, 11) is 0. The lowest BCUT2D eigenvalue weighted by atomic mass is 10.0. The molecule has 0 aliphatic rings. The standard InChI is InChI=1S/C21H22FNO4/c1-13-4-6-16(10-15(13)3)19(24)8-9-21(26)27-12-20(25)23-17-7-5-14(2)18(22)11-17/h4-7,10-11H,8-9,12H2,1-3H3,(H,23,25). The van der Waals surface area contributed by atoms with Crippen molar-refractivity contribution >= 4 is 23.3 Å². The molecule has 0 bridgehead atoms. The van der Waals surface area contributed by atoms with Crippen molar-refractivity contribution in [1.29, 1.82) is 0 Å². The summed E-state index contributed by atoms with van der Waals surface area (Å²) in [5.41, 5.74) is 3.39. The van der Waals surface area contributed by atoms with Crippen molar-refractivity contribution < 1.29 is 23.5 Å². The lowest BCUT2D eigenvalue weighted by Crippen LogP contribution is -2.21. The van der Waals surface area contributed by atoms with E-state index in [0.29, 0.717) is 11.1 Å². The second-order valence-corrected chi connectivity index (χ2v) is 6.40. The van der Waals surface area contributed by atoms with Gasteiger partial charge in [-0.05, 0) is 55.7 Å². The first-order valence-electron chi connectivity index (χ1n) is 8.58. The van der Waals surface area contributed by atoms with Crippen LogP contribution in [0, 0.1) is 26.6 Å². The molecule has 0 aliphatic carbocycles. The van der Waals surface area contributed by atoms with Gasteiger partial charge in [-0.15, -0.1) is 0 Å². The summed E-state index contributed by atoms with van der Waals surface area (Å²) >= 11 is 0. The molecule has 1 amide bonds. The van der Waals surface area contributed by atoms with Gasteiger partial charge in [-0.3, -0.25) is 14.4 Å². The van der Waals surface area contributed by atoms with Crippen LogP contribution in [0.4, 0.5) is 10.1 Å². The summed E-state index contributed by atoms with van der Waals surface area (Å²) in [4.78, 5) is 35.6. The normalized spacial score (nSPS) is 10.4. The van der Waals surface area contributed by atoms with Crippen molar-refractivity contribution in [3.8, 4) is 0 Å². The Labute approximate surface area is 157 Å². The molecule has 0 spiro atoms. The minimum atomic E-state index is -0.641. The molecule has 27 heavy (non-hydrogen) atoms. The zero-order chi connectivity index (χ0) is 20.0. The summed E-state index contributed by atoms with van der Waals surface area (Å²) in [5.74, 6) is -1.81. The zero-order valence-corrected chi connectivity index (χ0v) is 15.6. The van der Waals surface area contributed by atoms with Crippen molar-refractivity contribution in [2.75, 3.05) is 11.9 Å². The van der Waals surface area contributed by atoms with Crippen molar-refractivity contribution in [2.24, 2.45) is 0 Å². The summed E-state index contributed by atoms with van der Waals surface area (Å²) < 4.78 is 18.3. The smallest absolute Gasteiger partial charge is 0.306 e. The summed E-state index contributed by atoms with van der Waals surface area (Å²) in [5, 5.41) is 2.44. The van der Waals surface area contributed by atoms with Crippen LogP contribution in [-0.4, -0.2) is 24.3 Å². The average molecular weight is 371 g/mol. The van der Waals surface area contributed by atoms with E-state index >= 15 is 0 Å². The first-order chi connectivity index (χ1) is 12.8. The second-order valence-electron chi connectivity index (χ2n) is 6.40. The first-order valence-corrected chi connectivity index (χ1v) is 8.58. The van der Waals surface area contributed by atoms with Crippen LogP contribution in [0.25, 0.3) is 0 Å². The summed E-state index contributed by atoms with van der Waals surface area (Å²) in [6.45, 7) is 4.99. The number of hydrogen-bond acceptors (Lipinski definition) is 4. The third-order valence-corrected chi connectivity index (χ3v) is 4.20. The predicted molar refractivity (Wildman–Crippen MR) is 100 cm³/mol. The van der Waals surface area contributed by atoms with Gasteiger partial charge in [-0.1, -0.05) is 18.2 Å². The Hall–Kier alpha value is -3.02. The lowest BCUT2D eigenvalue weighted by Gasteiger charge is -2.08. The SMILES string of the molecule is Cc1ccc(C(=O)CCC(=O)OCC(=O)Nc2ccc(C)c(F)c2)cc1C. The molecule has 1 N–H and O–H groups in total. The Morgan fingerprint density at radius 1 is 0.926 bits per heavy atom. The van der Waals surface area contributed by atoms with E-state index in [1.54, 1.807) is 25.1 Å². The number of halogens is 1. The molecule has 0 aromatic heterocycles. The average Bonchev–Trinajstić information content (AvgIpc) is 2.63. The van der Waals surface area contributed by atoms with Gasteiger partial charge in [0.05, 0.1) is 6.42 Å². The Bertz CT molecular complexity index is 876. The molecule has 0 unspecified atom stereocenters. The number of carbonyl (C=O) groups excluding carboxylic acids is 3. The number of esters is 1. The predicted octanol–water partition coefficient (Wildman–Crippen LogP) is 3.90. The van der Waals surface area contributed by atoms with Crippen molar-refractivity contribution in [1.82, 2.24) is 0 Å². The second kappa shape index (κ2) is 9.07. The van der Waals surface area contributed by atoms with Gasteiger partial charge < -0.3 is 10.1 Å². The van der Waals surface area contributed by atoms with Crippen LogP contribution in [0.3, 0.4) is 0 Å². The Morgan fingerprint density at radius 2 is 1.63 bits per heavy atom. The van der Waals surface area contributed by atoms with E-state index in [1.165, 1.54) is 12.1 Å². The molecule has 142 valence electrons. The van der Waals surface area contributed by atoms with E-state index in [9.17, 15) is 18.8 Å². The zero-order valence-electron chi connectivity index (χ0n) is 15.6. The Kier molecular flexibility index (Phi) is 6.82. The highest BCUT2D eigenvalue weighted by atomic mass is 19.1. The Morgan fingerprint density at radius 3 is 2.30 bits per heavy atom. The molecule has 5 nitrogen and oxygen atoms in total. The number of Topliss-reactive ketones (excluding diaryl/α,β-unsaturated/α-hetero) is 1. The van der Waals surface area contributed by atoms with E-state index < -0.39 is 24.3 Å². The van der Waals surface area contributed by atoms with Crippen molar-refractivity contribution in [2.45, 2.75) is 33.6 Å². The molecular formula is C21H22FNO4. The number of rotatable bonds is 7. The fraction of sp³-hybridized carbons (Fsp3) is 0.286. The van der Waals surface area contributed by atoms with E-state index in [-0.39, 0.29) is 24.3 Å². The molecule has 0 radical (unpaired) electrons. The Balaban J connectivity index is 1.76. The number of ketones is 1. The molecule has 2 aromatic carbocycles. The van der Waals surface area contributed by atoms with E-state index in [2.05, 4.69) is 5.32 Å². The maximum Gasteiger partial charge on any atom is 0.306 e. The molecule has 0 aliphatic heterocycles. The minimum Gasteiger partial charge on any atom is -0.456 e. The third-order valence-electron chi connectivity index (χ3n) is 4.20. The van der Waals surface area contributed by atoms with Crippen LogP contribution in [-0.2, 0) is 14.3 Å². The van der Waals surface area contributed by atoms with Gasteiger partial charge in [0.15, 0.2) is 12.4 Å². The molecule has 0 saturated carbocycles. The van der Waals surface area contributed by atoms with Crippen LogP contribution in [0.5, 0.6) is 0 Å². The third kappa shape index (κ3) is 6.02. The number of aryl methyl sites for hydroxylation is 3. The highest BCUT2D eigenvalue weighted by molar-refractivity contribution is 5.98. The molecule has 2 rings (SSSR count).